The molecule has 2 aromatic carbocycles. The number of alkyl halides is 6. The fourth-order valence-corrected chi connectivity index (χ4v) is 4.36. The van der Waals surface area contributed by atoms with Crippen molar-refractivity contribution < 1.29 is 35.9 Å². The molecule has 37 heavy (non-hydrogen) atoms. The number of hydrogen-bond donors (Lipinski definition) is 0. The van der Waals surface area contributed by atoms with Crippen molar-refractivity contribution in [2.24, 2.45) is 0 Å². The van der Waals surface area contributed by atoms with Crippen molar-refractivity contribution in [1.29, 1.82) is 0 Å². The number of carbonyl (C=O) groups is 2. The maximum atomic E-state index is 13.1. The zero-order valence-electron chi connectivity index (χ0n) is 20.6. The van der Waals surface area contributed by atoms with Gasteiger partial charge >= 0.3 is 12.4 Å². The van der Waals surface area contributed by atoms with Crippen LogP contribution in [0.4, 0.5) is 32.0 Å². The number of halogens is 6. The van der Waals surface area contributed by atoms with Gasteiger partial charge in [-0.2, -0.15) is 26.3 Å². The van der Waals surface area contributed by atoms with Crippen molar-refractivity contribution in [3.8, 4) is 0 Å². The van der Waals surface area contributed by atoms with E-state index in [4.69, 9.17) is 0 Å². The van der Waals surface area contributed by atoms with Gasteiger partial charge in [0.2, 0.25) is 5.91 Å². The van der Waals surface area contributed by atoms with Gasteiger partial charge in [0.05, 0.1) is 11.1 Å². The van der Waals surface area contributed by atoms with E-state index in [1.54, 1.807) is 12.1 Å². The maximum absolute atomic E-state index is 13.1. The summed E-state index contributed by atoms with van der Waals surface area (Å²) in [6, 6.07) is 8.33. The van der Waals surface area contributed by atoms with Gasteiger partial charge in [0.25, 0.3) is 0 Å². The van der Waals surface area contributed by atoms with Crippen molar-refractivity contribution in [1.82, 2.24) is 4.90 Å². The van der Waals surface area contributed by atoms with Gasteiger partial charge in [-0.1, -0.05) is 31.9 Å². The van der Waals surface area contributed by atoms with Crippen LogP contribution in [-0.2, 0) is 34.8 Å². The predicted molar refractivity (Wildman–Crippen MR) is 128 cm³/mol. The van der Waals surface area contributed by atoms with E-state index in [2.05, 4.69) is 11.8 Å². The fraction of sp³-hybridized carbons (Fsp3) is 0.481. The summed E-state index contributed by atoms with van der Waals surface area (Å²) < 4.78 is 78.4. The smallest absolute Gasteiger partial charge is 0.368 e. The summed E-state index contributed by atoms with van der Waals surface area (Å²) in [7, 11) is 0. The highest BCUT2D eigenvalue weighted by atomic mass is 19.4. The average molecular weight is 529 g/mol. The van der Waals surface area contributed by atoms with E-state index < -0.39 is 35.7 Å². The number of ketones is 1. The fourth-order valence-electron chi connectivity index (χ4n) is 4.36. The largest absolute Gasteiger partial charge is 0.416 e. The van der Waals surface area contributed by atoms with E-state index in [0.717, 1.165) is 24.9 Å². The number of anilines is 1. The number of nitrogens with zero attached hydrogens (tertiary/aromatic N) is 2. The van der Waals surface area contributed by atoms with Gasteiger partial charge in [-0.15, -0.1) is 0 Å². The second-order valence-electron chi connectivity index (χ2n) is 9.30. The number of carbonyl (C=O) groups excluding carboxylic acids is 2. The van der Waals surface area contributed by atoms with Gasteiger partial charge in [0.1, 0.15) is 5.78 Å². The molecule has 0 N–H and O–H groups in total. The molecule has 202 valence electrons. The van der Waals surface area contributed by atoms with E-state index in [1.807, 2.05) is 17.0 Å². The van der Waals surface area contributed by atoms with Crippen LogP contribution in [0.5, 0.6) is 0 Å². The monoisotopic (exact) mass is 528 g/mol. The summed E-state index contributed by atoms with van der Waals surface area (Å²) in [5.74, 6) is -0.319. The topological polar surface area (TPSA) is 40.6 Å². The standard InChI is InChI=1S/C27H30F6N2O2/c1-2-3-4-5-25(37)35-12-10-34(11-13-35)23-8-6-19(7-9-23)16-24(36)17-20-14-21(26(28,29)30)18-22(15-20)27(31,32)33/h6-9,14-15,18H,2-5,10-13,16-17H2,1H3. The molecular formula is C27H30F6N2O2. The molecule has 1 amide bonds. The number of rotatable bonds is 9. The third-order valence-electron chi connectivity index (χ3n) is 6.38. The summed E-state index contributed by atoms with van der Waals surface area (Å²) in [4.78, 5) is 28.8. The molecular weight excluding hydrogens is 498 g/mol. The third kappa shape index (κ3) is 8.23. The molecule has 0 atom stereocenters. The van der Waals surface area contributed by atoms with Gasteiger partial charge in [0, 0.05) is 51.1 Å². The van der Waals surface area contributed by atoms with Gasteiger partial charge in [-0.3, -0.25) is 9.59 Å². The number of unbranched alkanes of at least 4 members (excludes halogenated alkanes) is 2. The minimum absolute atomic E-state index is 0.0505. The number of Topliss-reactive ketones (excluding diaryl/α,β-unsaturated/α-hetero) is 1. The van der Waals surface area contributed by atoms with Crippen LogP contribution in [0, 0.1) is 0 Å². The van der Waals surface area contributed by atoms with Gasteiger partial charge in [-0.05, 0) is 47.9 Å². The lowest BCUT2D eigenvalue weighted by molar-refractivity contribution is -0.143. The quantitative estimate of drug-likeness (QED) is 0.283. The second kappa shape index (κ2) is 12.0. The molecule has 1 saturated heterocycles. The first-order valence-electron chi connectivity index (χ1n) is 12.3. The summed E-state index contributed by atoms with van der Waals surface area (Å²) >= 11 is 0. The van der Waals surface area contributed by atoms with Crippen LogP contribution in [0.3, 0.4) is 0 Å². The molecule has 0 unspecified atom stereocenters. The molecule has 3 rings (SSSR count). The van der Waals surface area contributed by atoms with Crippen LogP contribution in [0.2, 0.25) is 0 Å². The van der Waals surface area contributed by atoms with Gasteiger partial charge in [0.15, 0.2) is 0 Å². The lowest BCUT2D eigenvalue weighted by Crippen LogP contribution is -2.48. The minimum atomic E-state index is -4.96. The Balaban J connectivity index is 1.57. The predicted octanol–water partition coefficient (Wildman–Crippen LogP) is 6.31. The van der Waals surface area contributed by atoms with Crippen molar-refractivity contribution in [2.45, 2.75) is 57.8 Å². The Morgan fingerprint density at radius 2 is 1.30 bits per heavy atom. The Kier molecular flexibility index (Phi) is 9.26. The average Bonchev–Trinajstić information content (AvgIpc) is 2.83. The van der Waals surface area contributed by atoms with Crippen LogP contribution in [-0.4, -0.2) is 42.8 Å². The van der Waals surface area contributed by atoms with E-state index in [-0.39, 0.29) is 24.0 Å². The van der Waals surface area contributed by atoms with Crippen LogP contribution in [0.15, 0.2) is 42.5 Å². The second-order valence-corrected chi connectivity index (χ2v) is 9.30. The first-order chi connectivity index (χ1) is 17.4. The lowest BCUT2D eigenvalue weighted by atomic mass is 9.98. The molecule has 0 radical (unpaired) electrons. The molecule has 1 aliphatic rings. The number of piperazine rings is 1. The molecule has 1 heterocycles. The third-order valence-corrected chi connectivity index (χ3v) is 6.38. The Labute approximate surface area is 212 Å². The molecule has 0 saturated carbocycles. The molecule has 4 nitrogen and oxygen atoms in total. The SMILES string of the molecule is CCCCCC(=O)N1CCN(c2ccc(CC(=O)Cc3cc(C(F)(F)F)cc(C(F)(F)F)c3)cc2)CC1. The zero-order valence-corrected chi connectivity index (χ0v) is 20.6. The normalized spacial score (nSPS) is 14.7. The molecule has 0 spiro atoms. The first kappa shape index (κ1) is 28.5. The highest BCUT2D eigenvalue weighted by Gasteiger charge is 2.37. The summed E-state index contributed by atoms with van der Waals surface area (Å²) in [6.45, 7) is 4.70. The Bertz CT molecular complexity index is 1040. The number of benzene rings is 2. The highest BCUT2D eigenvalue weighted by molar-refractivity contribution is 5.83. The van der Waals surface area contributed by atoms with Gasteiger partial charge < -0.3 is 9.80 Å². The summed E-state index contributed by atoms with van der Waals surface area (Å²) in [5.41, 5.74) is -1.66. The minimum Gasteiger partial charge on any atom is -0.368 e. The van der Waals surface area contributed by atoms with Crippen LogP contribution < -0.4 is 4.90 Å². The van der Waals surface area contributed by atoms with Crippen LogP contribution in [0.25, 0.3) is 0 Å². The van der Waals surface area contributed by atoms with Crippen LogP contribution in [0.1, 0.15) is 54.9 Å². The molecule has 2 aromatic rings. The summed E-state index contributed by atoms with van der Waals surface area (Å²) in [6.07, 6.45) is -7.00. The van der Waals surface area contributed by atoms with Crippen molar-refractivity contribution in [3.05, 3.63) is 64.7 Å². The zero-order chi connectivity index (χ0) is 27.2. The Morgan fingerprint density at radius 3 is 1.81 bits per heavy atom. The molecule has 0 aromatic heterocycles. The molecule has 0 aliphatic carbocycles. The molecule has 0 bridgehead atoms. The van der Waals surface area contributed by atoms with E-state index >= 15 is 0 Å². The Hall–Kier alpha value is -3.04. The molecule has 1 fully saturated rings. The van der Waals surface area contributed by atoms with Crippen molar-refractivity contribution in [3.63, 3.8) is 0 Å². The van der Waals surface area contributed by atoms with Crippen molar-refractivity contribution >= 4 is 17.4 Å². The maximum Gasteiger partial charge on any atom is 0.416 e. The van der Waals surface area contributed by atoms with Crippen molar-refractivity contribution in [2.75, 3.05) is 31.1 Å². The highest BCUT2D eigenvalue weighted by Crippen LogP contribution is 2.36. The van der Waals surface area contributed by atoms with E-state index in [9.17, 15) is 35.9 Å². The van der Waals surface area contributed by atoms with E-state index in [1.165, 1.54) is 0 Å². The van der Waals surface area contributed by atoms with E-state index in [0.29, 0.717) is 50.3 Å². The number of hydrogen-bond acceptors (Lipinski definition) is 3. The molecule has 1 aliphatic heterocycles. The Morgan fingerprint density at radius 1 is 0.757 bits per heavy atom. The first-order valence-corrected chi connectivity index (χ1v) is 12.3. The summed E-state index contributed by atoms with van der Waals surface area (Å²) in [5, 5.41) is 0. The molecule has 10 heteroatoms. The van der Waals surface area contributed by atoms with Crippen LogP contribution >= 0.6 is 0 Å². The van der Waals surface area contributed by atoms with Gasteiger partial charge in [-0.25, -0.2) is 0 Å². The lowest BCUT2D eigenvalue weighted by Gasteiger charge is -2.36. The number of amides is 1.